The van der Waals surface area contributed by atoms with Gasteiger partial charge in [0.25, 0.3) is 0 Å². The van der Waals surface area contributed by atoms with Crippen LogP contribution in [0.3, 0.4) is 0 Å². The Morgan fingerprint density at radius 2 is 1.62 bits per heavy atom. The summed E-state index contributed by atoms with van der Waals surface area (Å²) in [7, 11) is 0. The van der Waals surface area contributed by atoms with Gasteiger partial charge >= 0.3 is 11.9 Å². The molecule has 0 aliphatic carbocycles. The summed E-state index contributed by atoms with van der Waals surface area (Å²) in [5, 5.41) is 0. The number of aldehydes is 1. The molecule has 0 saturated heterocycles. The third kappa shape index (κ3) is 4.47. The zero-order chi connectivity index (χ0) is 18.9. The Kier molecular flexibility index (Phi) is 6.91. The average Bonchev–Trinajstić information content (AvgIpc) is 2.66. The summed E-state index contributed by atoms with van der Waals surface area (Å²) in [6.07, 6.45) is -0.578. The van der Waals surface area contributed by atoms with Crippen LogP contribution in [0.4, 0.5) is 0 Å². The van der Waals surface area contributed by atoms with Crippen molar-refractivity contribution in [2.45, 2.75) is 20.0 Å². The van der Waals surface area contributed by atoms with E-state index < -0.39 is 18.0 Å². The van der Waals surface area contributed by atoms with Crippen LogP contribution in [0.25, 0.3) is 0 Å². The smallest absolute Gasteiger partial charge is 0.352 e. The van der Waals surface area contributed by atoms with Crippen LogP contribution in [-0.4, -0.2) is 31.4 Å². The third-order valence-corrected chi connectivity index (χ3v) is 3.53. The first kappa shape index (κ1) is 19.2. The van der Waals surface area contributed by atoms with Crippen LogP contribution < -0.4 is 4.74 Å². The summed E-state index contributed by atoms with van der Waals surface area (Å²) in [4.78, 5) is 36.0. The summed E-state index contributed by atoms with van der Waals surface area (Å²) >= 11 is 0. The first-order chi connectivity index (χ1) is 12.6. The first-order valence-corrected chi connectivity index (χ1v) is 8.25. The highest BCUT2D eigenvalue weighted by Crippen LogP contribution is 2.28. The van der Waals surface area contributed by atoms with E-state index in [1.54, 1.807) is 62.4 Å². The van der Waals surface area contributed by atoms with Crippen LogP contribution in [0.15, 0.2) is 48.5 Å². The van der Waals surface area contributed by atoms with Crippen molar-refractivity contribution in [3.8, 4) is 5.75 Å². The van der Waals surface area contributed by atoms with E-state index in [9.17, 15) is 14.4 Å². The Bertz CT molecular complexity index is 783. The van der Waals surface area contributed by atoms with Gasteiger partial charge in [0.05, 0.1) is 24.3 Å². The highest BCUT2D eigenvalue weighted by molar-refractivity contribution is 5.93. The summed E-state index contributed by atoms with van der Waals surface area (Å²) in [5.74, 6) is -1.01. The molecule has 6 heteroatoms. The SMILES string of the molecule is CCOC(=O)c1ccccc1C(Oc1ccccc1C=O)C(=O)OCC. The maximum absolute atomic E-state index is 12.5. The van der Waals surface area contributed by atoms with Gasteiger partial charge in [0, 0.05) is 5.56 Å². The summed E-state index contributed by atoms with van der Waals surface area (Å²) in [5.41, 5.74) is 0.802. The van der Waals surface area contributed by atoms with Gasteiger partial charge in [0.2, 0.25) is 6.10 Å². The largest absolute Gasteiger partial charge is 0.473 e. The molecule has 0 bridgehead atoms. The Balaban J connectivity index is 2.48. The number of para-hydroxylation sites is 1. The standard InChI is InChI=1S/C20H20O6/c1-3-24-19(22)16-11-7-6-10-15(16)18(20(23)25-4-2)26-17-12-8-5-9-14(17)13-21/h5-13,18H,3-4H2,1-2H3. The van der Waals surface area contributed by atoms with E-state index >= 15 is 0 Å². The molecule has 2 aromatic rings. The molecule has 0 aromatic heterocycles. The number of carbonyl (C=O) groups is 3. The molecule has 0 aliphatic heterocycles. The summed E-state index contributed by atoms with van der Waals surface area (Å²) in [6, 6.07) is 13.0. The molecule has 0 fully saturated rings. The molecule has 136 valence electrons. The van der Waals surface area contributed by atoms with Crippen LogP contribution in [0, 0.1) is 0 Å². The van der Waals surface area contributed by atoms with Crippen LogP contribution >= 0.6 is 0 Å². The first-order valence-electron chi connectivity index (χ1n) is 8.25. The monoisotopic (exact) mass is 356 g/mol. The van der Waals surface area contributed by atoms with Gasteiger partial charge in [0.15, 0.2) is 6.29 Å². The Labute approximate surface area is 151 Å². The molecule has 1 atom stereocenters. The van der Waals surface area contributed by atoms with Crippen molar-refractivity contribution >= 4 is 18.2 Å². The quantitative estimate of drug-likeness (QED) is 0.533. The van der Waals surface area contributed by atoms with Crippen LogP contribution in [0.2, 0.25) is 0 Å². The fourth-order valence-corrected chi connectivity index (χ4v) is 2.39. The normalized spacial score (nSPS) is 11.3. The van der Waals surface area contributed by atoms with Crippen LogP contribution in [0.1, 0.15) is 46.2 Å². The minimum Gasteiger partial charge on any atom is -0.473 e. The lowest BCUT2D eigenvalue weighted by Crippen LogP contribution is -2.24. The van der Waals surface area contributed by atoms with E-state index in [1.807, 2.05) is 0 Å². The molecule has 2 aromatic carbocycles. The number of carbonyl (C=O) groups excluding carboxylic acids is 3. The van der Waals surface area contributed by atoms with E-state index in [4.69, 9.17) is 14.2 Å². The van der Waals surface area contributed by atoms with Gasteiger partial charge in [-0.2, -0.15) is 0 Å². The van der Waals surface area contributed by atoms with Crippen molar-refractivity contribution in [3.05, 3.63) is 65.2 Å². The van der Waals surface area contributed by atoms with Gasteiger partial charge in [-0.15, -0.1) is 0 Å². The Morgan fingerprint density at radius 1 is 0.962 bits per heavy atom. The molecule has 26 heavy (non-hydrogen) atoms. The highest BCUT2D eigenvalue weighted by atomic mass is 16.6. The topological polar surface area (TPSA) is 78.9 Å². The van der Waals surface area contributed by atoms with Crippen molar-refractivity contribution in [2.75, 3.05) is 13.2 Å². The average molecular weight is 356 g/mol. The fraction of sp³-hybridized carbons (Fsp3) is 0.250. The third-order valence-electron chi connectivity index (χ3n) is 3.53. The van der Waals surface area contributed by atoms with Crippen molar-refractivity contribution in [3.63, 3.8) is 0 Å². The van der Waals surface area contributed by atoms with Gasteiger partial charge in [-0.25, -0.2) is 9.59 Å². The second-order valence-electron chi connectivity index (χ2n) is 5.21. The lowest BCUT2D eigenvalue weighted by Gasteiger charge is -2.20. The van der Waals surface area contributed by atoms with E-state index in [2.05, 4.69) is 0 Å². The number of benzene rings is 2. The molecule has 0 amide bonds. The second-order valence-corrected chi connectivity index (χ2v) is 5.21. The maximum atomic E-state index is 12.5. The molecule has 0 radical (unpaired) electrons. The minimum atomic E-state index is -1.21. The number of ether oxygens (including phenoxy) is 3. The summed E-state index contributed by atoms with van der Waals surface area (Å²) < 4.78 is 15.9. The van der Waals surface area contributed by atoms with Crippen molar-refractivity contribution in [1.82, 2.24) is 0 Å². The van der Waals surface area contributed by atoms with E-state index in [0.717, 1.165) is 0 Å². The molecular formula is C20H20O6. The van der Waals surface area contributed by atoms with Crippen molar-refractivity contribution < 1.29 is 28.6 Å². The summed E-state index contributed by atoms with van der Waals surface area (Å²) in [6.45, 7) is 3.72. The molecule has 0 heterocycles. The van der Waals surface area contributed by atoms with Crippen molar-refractivity contribution in [1.29, 1.82) is 0 Å². The predicted molar refractivity (Wildman–Crippen MR) is 94.2 cm³/mol. The number of hydrogen-bond acceptors (Lipinski definition) is 6. The minimum absolute atomic E-state index is 0.148. The Morgan fingerprint density at radius 3 is 2.31 bits per heavy atom. The number of esters is 2. The van der Waals surface area contributed by atoms with Crippen LogP contribution in [-0.2, 0) is 14.3 Å². The Hall–Kier alpha value is -3.15. The van der Waals surface area contributed by atoms with Crippen molar-refractivity contribution in [2.24, 2.45) is 0 Å². The molecule has 2 rings (SSSR count). The zero-order valence-corrected chi connectivity index (χ0v) is 14.6. The number of rotatable bonds is 8. The lowest BCUT2D eigenvalue weighted by molar-refractivity contribution is -0.151. The molecule has 0 N–H and O–H groups in total. The lowest BCUT2D eigenvalue weighted by atomic mass is 10.0. The van der Waals surface area contributed by atoms with E-state index in [1.165, 1.54) is 0 Å². The fourth-order valence-electron chi connectivity index (χ4n) is 2.39. The molecule has 0 aliphatic rings. The van der Waals surface area contributed by atoms with E-state index in [-0.39, 0.29) is 30.1 Å². The van der Waals surface area contributed by atoms with Gasteiger partial charge in [-0.05, 0) is 32.0 Å². The number of hydrogen-bond donors (Lipinski definition) is 0. The zero-order valence-electron chi connectivity index (χ0n) is 14.6. The molecule has 0 spiro atoms. The molecule has 6 nitrogen and oxygen atoms in total. The van der Waals surface area contributed by atoms with Gasteiger partial charge in [0.1, 0.15) is 5.75 Å². The molecule has 0 saturated carbocycles. The van der Waals surface area contributed by atoms with Gasteiger partial charge in [-0.1, -0.05) is 30.3 Å². The van der Waals surface area contributed by atoms with Gasteiger partial charge < -0.3 is 14.2 Å². The predicted octanol–water partition coefficient (Wildman–Crippen LogP) is 3.36. The van der Waals surface area contributed by atoms with Crippen LogP contribution in [0.5, 0.6) is 5.75 Å². The van der Waals surface area contributed by atoms with Gasteiger partial charge in [-0.3, -0.25) is 4.79 Å². The molecular weight excluding hydrogens is 336 g/mol. The molecule has 1 unspecified atom stereocenters. The highest BCUT2D eigenvalue weighted by Gasteiger charge is 2.29. The second kappa shape index (κ2) is 9.36. The maximum Gasteiger partial charge on any atom is 0.352 e. The van der Waals surface area contributed by atoms with E-state index in [0.29, 0.717) is 11.8 Å².